The summed E-state index contributed by atoms with van der Waals surface area (Å²) in [5, 5.41) is 13.8. The Labute approximate surface area is 146 Å². The number of carbonyl (C=O) groups excluding carboxylic acids is 1. The van der Waals surface area contributed by atoms with Gasteiger partial charge >= 0.3 is 6.18 Å². The van der Waals surface area contributed by atoms with Gasteiger partial charge in [0.05, 0.1) is 5.56 Å². The molecule has 0 aliphatic carbocycles. The van der Waals surface area contributed by atoms with E-state index in [9.17, 15) is 18.0 Å². The summed E-state index contributed by atoms with van der Waals surface area (Å²) in [6, 6.07) is 11.0. The van der Waals surface area contributed by atoms with Crippen LogP contribution in [0, 0.1) is 0 Å². The SMILES string of the molecule is CCn1nnnc1-c1cccc(C(=O)Nc2cccc(C(F)(F)F)c2)c1. The molecule has 3 rings (SSSR count). The largest absolute Gasteiger partial charge is 0.416 e. The fraction of sp³-hybridized carbons (Fsp3) is 0.176. The highest BCUT2D eigenvalue weighted by molar-refractivity contribution is 6.04. The van der Waals surface area contributed by atoms with Crippen LogP contribution < -0.4 is 5.32 Å². The molecule has 6 nitrogen and oxygen atoms in total. The summed E-state index contributed by atoms with van der Waals surface area (Å²) in [6.07, 6.45) is -4.47. The lowest BCUT2D eigenvalue weighted by molar-refractivity contribution is -0.137. The Bertz CT molecular complexity index is 936. The monoisotopic (exact) mass is 361 g/mol. The number of amides is 1. The minimum absolute atomic E-state index is 0.0635. The zero-order valence-corrected chi connectivity index (χ0v) is 13.7. The van der Waals surface area contributed by atoms with Crippen molar-refractivity contribution in [3.63, 3.8) is 0 Å². The molecule has 0 saturated heterocycles. The van der Waals surface area contributed by atoms with Crippen molar-refractivity contribution >= 4 is 11.6 Å². The highest BCUT2D eigenvalue weighted by Gasteiger charge is 2.30. The van der Waals surface area contributed by atoms with Gasteiger partial charge in [-0.3, -0.25) is 4.79 Å². The van der Waals surface area contributed by atoms with Crippen molar-refractivity contribution in [1.82, 2.24) is 20.2 Å². The molecule has 0 atom stereocenters. The van der Waals surface area contributed by atoms with Crippen LogP contribution in [0.15, 0.2) is 48.5 Å². The number of carbonyl (C=O) groups is 1. The van der Waals surface area contributed by atoms with Crippen LogP contribution in [0.2, 0.25) is 0 Å². The molecule has 134 valence electrons. The number of hydrogen-bond acceptors (Lipinski definition) is 4. The van der Waals surface area contributed by atoms with E-state index < -0.39 is 17.6 Å². The number of tetrazole rings is 1. The molecule has 0 aliphatic heterocycles. The van der Waals surface area contributed by atoms with E-state index in [4.69, 9.17) is 0 Å². The molecule has 0 spiro atoms. The quantitative estimate of drug-likeness (QED) is 0.770. The van der Waals surface area contributed by atoms with Gasteiger partial charge < -0.3 is 5.32 Å². The van der Waals surface area contributed by atoms with Gasteiger partial charge in [0.1, 0.15) is 0 Å². The highest BCUT2D eigenvalue weighted by atomic mass is 19.4. The second-order valence-corrected chi connectivity index (χ2v) is 5.43. The molecule has 0 saturated carbocycles. The summed E-state index contributed by atoms with van der Waals surface area (Å²) in [5.41, 5.74) is 0.152. The van der Waals surface area contributed by atoms with Crippen molar-refractivity contribution in [3.05, 3.63) is 59.7 Å². The molecule has 2 aromatic carbocycles. The molecular formula is C17H14F3N5O. The predicted octanol–water partition coefficient (Wildman–Crippen LogP) is 3.63. The Morgan fingerprint density at radius 2 is 1.92 bits per heavy atom. The summed E-state index contributed by atoms with van der Waals surface area (Å²) in [4.78, 5) is 12.4. The van der Waals surface area contributed by atoms with Crippen LogP contribution in [0.3, 0.4) is 0 Å². The molecule has 9 heteroatoms. The zero-order chi connectivity index (χ0) is 18.7. The minimum atomic E-state index is -4.47. The number of nitrogens with zero attached hydrogens (tertiary/aromatic N) is 4. The van der Waals surface area contributed by atoms with Crippen molar-refractivity contribution in [3.8, 4) is 11.4 Å². The fourth-order valence-electron chi connectivity index (χ4n) is 2.40. The molecule has 1 heterocycles. The third-order valence-corrected chi connectivity index (χ3v) is 3.66. The molecule has 1 aromatic heterocycles. The van der Waals surface area contributed by atoms with Gasteiger partial charge in [0, 0.05) is 23.4 Å². The third-order valence-electron chi connectivity index (χ3n) is 3.66. The van der Waals surface area contributed by atoms with E-state index in [2.05, 4.69) is 20.8 Å². The lowest BCUT2D eigenvalue weighted by Crippen LogP contribution is -2.13. The number of hydrogen-bond donors (Lipinski definition) is 1. The molecule has 3 aromatic rings. The first-order chi connectivity index (χ1) is 12.4. The molecule has 0 fully saturated rings. The van der Waals surface area contributed by atoms with E-state index >= 15 is 0 Å². The van der Waals surface area contributed by atoms with Gasteiger partial charge in [-0.15, -0.1) is 5.10 Å². The molecule has 1 N–H and O–H groups in total. The standard InChI is InChI=1S/C17H14F3N5O/c1-2-25-15(22-23-24-25)11-5-3-6-12(9-11)16(26)21-14-8-4-7-13(10-14)17(18,19)20/h3-10H,2H2,1H3,(H,21,26). The summed E-state index contributed by atoms with van der Waals surface area (Å²) >= 11 is 0. The molecule has 0 unspecified atom stereocenters. The van der Waals surface area contributed by atoms with Crippen molar-refractivity contribution in [2.45, 2.75) is 19.6 Å². The lowest BCUT2D eigenvalue weighted by atomic mass is 10.1. The Morgan fingerprint density at radius 3 is 2.65 bits per heavy atom. The number of aryl methyl sites for hydroxylation is 1. The van der Waals surface area contributed by atoms with Gasteiger partial charge in [-0.1, -0.05) is 18.2 Å². The van der Waals surface area contributed by atoms with Crippen LogP contribution in [0.4, 0.5) is 18.9 Å². The van der Waals surface area contributed by atoms with E-state index in [0.29, 0.717) is 17.9 Å². The fourth-order valence-corrected chi connectivity index (χ4v) is 2.40. The van der Waals surface area contributed by atoms with Gasteiger partial charge in [0.25, 0.3) is 5.91 Å². The van der Waals surface area contributed by atoms with Crippen LogP contribution in [-0.2, 0) is 12.7 Å². The van der Waals surface area contributed by atoms with Gasteiger partial charge in [-0.2, -0.15) is 13.2 Å². The predicted molar refractivity (Wildman–Crippen MR) is 88.3 cm³/mol. The molecule has 0 bridgehead atoms. The summed E-state index contributed by atoms with van der Waals surface area (Å²) < 4.78 is 39.9. The molecule has 1 amide bonds. The Hall–Kier alpha value is -3.23. The van der Waals surface area contributed by atoms with Crippen molar-refractivity contribution < 1.29 is 18.0 Å². The first-order valence-electron chi connectivity index (χ1n) is 7.73. The van der Waals surface area contributed by atoms with Gasteiger partial charge in [-0.25, -0.2) is 4.68 Å². The highest BCUT2D eigenvalue weighted by Crippen LogP contribution is 2.30. The average Bonchev–Trinajstić information content (AvgIpc) is 3.10. The normalized spacial score (nSPS) is 11.4. The second kappa shape index (κ2) is 6.95. The first-order valence-corrected chi connectivity index (χ1v) is 7.73. The number of aromatic nitrogens is 4. The van der Waals surface area contributed by atoms with E-state index in [0.717, 1.165) is 12.1 Å². The molecular weight excluding hydrogens is 347 g/mol. The number of rotatable bonds is 4. The van der Waals surface area contributed by atoms with E-state index in [1.165, 1.54) is 12.1 Å². The van der Waals surface area contributed by atoms with Gasteiger partial charge in [-0.05, 0) is 47.7 Å². The van der Waals surface area contributed by atoms with Crippen LogP contribution >= 0.6 is 0 Å². The van der Waals surface area contributed by atoms with E-state index in [-0.39, 0.29) is 11.3 Å². The zero-order valence-electron chi connectivity index (χ0n) is 13.7. The van der Waals surface area contributed by atoms with Crippen LogP contribution in [0.25, 0.3) is 11.4 Å². The van der Waals surface area contributed by atoms with Crippen LogP contribution in [0.1, 0.15) is 22.8 Å². The van der Waals surface area contributed by atoms with Crippen molar-refractivity contribution in [1.29, 1.82) is 0 Å². The van der Waals surface area contributed by atoms with Gasteiger partial charge in [0.15, 0.2) is 5.82 Å². The Morgan fingerprint density at radius 1 is 1.15 bits per heavy atom. The smallest absolute Gasteiger partial charge is 0.322 e. The maximum absolute atomic E-state index is 12.8. The van der Waals surface area contributed by atoms with Crippen LogP contribution in [0.5, 0.6) is 0 Å². The number of benzene rings is 2. The Kier molecular flexibility index (Phi) is 4.70. The number of alkyl halides is 3. The lowest BCUT2D eigenvalue weighted by Gasteiger charge is -2.10. The number of halogens is 3. The number of anilines is 1. The average molecular weight is 361 g/mol. The van der Waals surface area contributed by atoms with Gasteiger partial charge in [0.2, 0.25) is 0 Å². The third kappa shape index (κ3) is 3.71. The minimum Gasteiger partial charge on any atom is -0.322 e. The Balaban J connectivity index is 1.84. The maximum atomic E-state index is 12.8. The van der Waals surface area contributed by atoms with E-state index in [1.807, 2.05) is 6.92 Å². The number of nitrogens with one attached hydrogen (secondary N) is 1. The van der Waals surface area contributed by atoms with E-state index in [1.54, 1.807) is 28.9 Å². The maximum Gasteiger partial charge on any atom is 0.416 e. The van der Waals surface area contributed by atoms with Crippen molar-refractivity contribution in [2.75, 3.05) is 5.32 Å². The summed E-state index contributed by atoms with van der Waals surface area (Å²) in [5.74, 6) is -0.0251. The van der Waals surface area contributed by atoms with Crippen LogP contribution in [-0.4, -0.2) is 26.1 Å². The second-order valence-electron chi connectivity index (χ2n) is 5.43. The summed E-state index contributed by atoms with van der Waals surface area (Å²) in [6.45, 7) is 2.44. The topological polar surface area (TPSA) is 72.7 Å². The molecule has 0 radical (unpaired) electrons. The molecule has 0 aliphatic rings. The summed E-state index contributed by atoms with van der Waals surface area (Å²) in [7, 11) is 0. The van der Waals surface area contributed by atoms with Crippen molar-refractivity contribution in [2.24, 2.45) is 0 Å². The first kappa shape index (κ1) is 17.6. The molecule has 26 heavy (non-hydrogen) atoms.